The molecule has 0 aliphatic heterocycles. The van der Waals surface area contributed by atoms with Crippen LogP contribution in [0.3, 0.4) is 0 Å². The van der Waals surface area contributed by atoms with Crippen LogP contribution in [-0.4, -0.2) is 0 Å². The van der Waals surface area contributed by atoms with Gasteiger partial charge < -0.3 is 0 Å². The maximum Gasteiger partial charge on any atom is 0.0375 e. The van der Waals surface area contributed by atoms with Crippen LogP contribution in [0.2, 0.25) is 0 Å². The van der Waals surface area contributed by atoms with E-state index >= 15 is 0 Å². The van der Waals surface area contributed by atoms with E-state index in [2.05, 4.69) is 33.7 Å². The first-order chi connectivity index (χ1) is 8.84. The van der Waals surface area contributed by atoms with Gasteiger partial charge in [0.1, 0.15) is 0 Å². The third-order valence-electron chi connectivity index (χ3n) is 2.53. The van der Waals surface area contributed by atoms with Gasteiger partial charge in [-0.05, 0) is 11.1 Å². The standard InChI is InChI=1S/C14H17N3S/c15-18(16-11-13-7-3-1-4-8-13)17-12-14-9-5-2-6-10-14/h1-10H,11-12H2,(H3,15,16,17). The van der Waals surface area contributed by atoms with Crippen molar-refractivity contribution >= 4 is 11.1 Å². The Labute approximate surface area is 110 Å². The highest BCUT2D eigenvalue weighted by molar-refractivity contribution is 7.82. The molecule has 0 atom stereocenters. The quantitative estimate of drug-likeness (QED) is 0.747. The molecule has 0 radical (unpaired) electrons. The normalized spacial score (nSPS) is 10.7. The lowest BCUT2D eigenvalue weighted by atomic mass is 10.2. The van der Waals surface area contributed by atoms with Crippen molar-refractivity contribution in [3.8, 4) is 0 Å². The van der Waals surface area contributed by atoms with E-state index in [0.29, 0.717) is 0 Å². The molecular weight excluding hydrogens is 242 g/mol. The molecule has 0 fully saturated rings. The Hall–Kier alpha value is -1.49. The fourth-order valence-corrected chi connectivity index (χ4v) is 2.28. The minimum absolute atomic E-state index is 0.718. The summed E-state index contributed by atoms with van der Waals surface area (Å²) in [4.78, 5) is 0. The second kappa shape index (κ2) is 7.06. The van der Waals surface area contributed by atoms with Crippen molar-refractivity contribution in [3.63, 3.8) is 0 Å². The third kappa shape index (κ3) is 4.41. The van der Waals surface area contributed by atoms with Crippen LogP contribution >= 0.6 is 0 Å². The first-order valence-corrected chi connectivity index (χ1v) is 7.07. The molecular formula is C14H17N3S. The summed E-state index contributed by atoms with van der Waals surface area (Å²) in [6, 6.07) is 20.3. The number of nitrogens with one attached hydrogen (secondary N) is 3. The van der Waals surface area contributed by atoms with Crippen molar-refractivity contribution in [2.24, 2.45) is 0 Å². The van der Waals surface area contributed by atoms with Gasteiger partial charge in [-0.25, -0.2) is 9.44 Å². The smallest absolute Gasteiger partial charge is 0.0375 e. The highest BCUT2D eigenvalue weighted by atomic mass is 32.2. The molecule has 0 aliphatic carbocycles. The lowest BCUT2D eigenvalue weighted by Gasteiger charge is -2.09. The first kappa shape index (κ1) is 13.0. The molecule has 3 nitrogen and oxygen atoms in total. The minimum Gasteiger partial charge on any atom is -0.252 e. The van der Waals surface area contributed by atoms with Crippen LogP contribution in [-0.2, 0) is 24.2 Å². The van der Waals surface area contributed by atoms with Crippen molar-refractivity contribution in [2.75, 3.05) is 0 Å². The second-order valence-electron chi connectivity index (χ2n) is 3.92. The highest BCUT2D eigenvalue weighted by Gasteiger charge is 1.96. The molecule has 0 saturated heterocycles. The van der Waals surface area contributed by atoms with Crippen molar-refractivity contribution in [3.05, 3.63) is 71.8 Å². The topological polar surface area (TPSA) is 47.9 Å². The molecule has 94 valence electrons. The van der Waals surface area contributed by atoms with Crippen molar-refractivity contribution in [1.29, 1.82) is 4.78 Å². The third-order valence-corrected chi connectivity index (χ3v) is 3.39. The van der Waals surface area contributed by atoms with Crippen LogP contribution in [0.15, 0.2) is 60.7 Å². The van der Waals surface area contributed by atoms with Crippen LogP contribution in [0.25, 0.3) is 0 Å². The van der Waals surface area contributed by atoms with Gasteiger partial charge in [-0.15, -0.1) is 0 Å². The Morgan fingerprint density at radius 1 is 0.722 bits per heavy atom. The van der Waals surface area contributed by atoms with E-state index in [1.54, 1.807) is 0 Å². The molecule has 3 N–H and O–H groups in total. The van der Waals surface area contributed by atoms with Crippen LogP contribution in [0, 0.1) is 4.78 Å². The molecule has 0 aliphatic rings. The van der Waals surface area contributed by atoms with E-state index in [9.17, 15) is 0 Å². The Bertz CT molecular complexity index is 439. The minimum atomic E-state index is -0.721. The Morgan fingerprint density at radius 2 is 1.11 bits per heavy atom. The van der Waals surface area contributed by atoms with Crippen molar-refractivity contribution in [2.45, 2.75) is 13.1 Å². The van der Waals surface area contributed by atoms with Gasteiger partial charge in [0.05, 0.1) is 0 Å². The zero-order valence-corrected chi connectivity index (χ0v) is 10.9. The fourth-order valence-electron chi connectivity index (χ4n) is 1.55. The van der Waals surface area contributed by atoms with Gasteiger partial charge in [0.25, 0.3) is 0 Å². The molecule has 4 heteroatoms. The maximum atomic E-state index is 7.88. The lowest BCUT2D eigenvalue weighted by Crippen LogP contribution is -2.28. The lowest BCUT2D eigenvalue weighted by molar-refractivity contribution is 0.904. The number of hydrogen-bond acceptors (Lipinski definition) is 1. The Kier molecular flexibility index (Phi) is 5.08. The maximum absolute atomic E-state index is 7.88. The summed E-state index contributed by atoms with van der Waals surface area (Å²) in [6.45, 7) is 1.44. The molecule has 0 unspecified atom stereocenters. The van der Waals surface area contributed by atoms with Crippen molar-refractivity contribution < 1.29 is 0 Å². The number of hydrogen-bond donors (Lipinski definition) is 3. The SMILES string of the molecule is N=S(NCc1ccccc1)NCc1ccccc1. The van der Waals surface area contributed by atoms with E-state index in [0.717, 1.165) is 13.1 Å². The van der Waals surface area contributed by atoms with Gasteiger partial charge >= 0.3 is 0 Å². The summed E-state index contributed by atoms with van der Waals surface area (Å²) in [5.74, 6) is 0. The zero-order chi connectivity index (χ0) is 12.6. The Balaban J connectivity index is 1.73. The summed E-state index contributed by atoms with van der Waals surface area (Å²) in [5, 5.41) is 0. The van der Waals surface area contributed by atoms with Crippen LogP contribution < -0.4 is 9.44 Å². The molecule has 2 aromatic carbocycles. The van der Waals surface area contributed by atoms with E-state index in [1.165, 1.54) is 11.1 Å². The summed E-state index contributed by atoms with van der Waals surface area (Å²) in [6.07, 6.45) is 0. The van der Waals surface area contributed by atoms with E-state index in [1.807, 2.05) is 36.4 Å². The largest absolute Gasteiger partial charge is 0.252 e. The van der Waals surface area contributed by atoms with Gasteiger partial charge in [-0.3, -0.25) is 4.78 Å². The molecule has 2 rings (SSSR count). The fraction of sp³-hybridized carbons (Fsp3) is 0.143. The molecule has 0 amide bonds. The average Bonchev–Trinajstić information content (AvgIpc) is 2.45. The molecule has 0 bridgehead atoms. The van der Waals surface area contributed by atoms with E-state index in [4.69, 9.17) is 4.78 Å². The molecule has 0 saturated carbocycles. The van der Waals surface area contributed by atoms with Gasteiger partial charge in [0.2, 0.25) is 0 Å². The van der Waals surface area contributed by atoms with Gasteiger partial charge in [0, 0.05) is 24.2 Å². The van der Waals surface area contributed by atoms with Crippen LogP contribution in [0.1, 0.15) is 11.1 Å². The average molecular weight is 259 g/mol. The monoisotopic (exact) mass is 259 g/mol. The Morgan fingerprint density at radius 3 is 1.50 bits per heavy atom. The summed E-state index contributed by atoms with van der Waals surface area (Å²) >= 11 is -0.721. The van der Waals surface area contributed by atoms with Gasteiger partial charge in [-0.1, -0.05) is 60.7 Å². The van der Waals surface area contributed by atoms with Gasteiger partial charge in [0.15, 0.2) is 0 Å². The predicted molar refractivity (Wildman–Crippen MR) is 76.6 cm³/mol. The number of benzene rings is 2. The zero-order valence-electron chi connectivity index (χ0n) is 10.1. The van der Waals surface area contributed by atoms with Gasteiger partial charge in [-0.2, -0.15) is 0 Å². The number of rotatable bonds is 6. The predicted octanol–water partition coefficient (Wildman–Crippen LogP) is 2.78. The van der Waals surface area contributed by atoms with Crippen LogP contribution in [0.5, 0.6) is 0 Å². The summed E-state index contributed by atoms with van der Waals surface area (Å²) in [5.41, 5.74) is 2.40. The van der Waals surface area contributed by atoms with E-state index < -0.39 is 11.1 Å². The molecule has 0 heterocycles. The molecule has 0 aromatic heterocycles. The first-order valence-electron chi connectivity index (χ1n) is 5.85. The highest BCUT2D eigenvalue weighted by Crippen LogP contribution is 1.99. The van der Waals surface area contributed by atoms with Crippen molar-refractivity contribution in [1.82, 2.24) is 9.44 Å². The molecule has 2 aromatic rings. The molecule has 18 heavy (non-hydrogen) atoms. The van der Waals surface area contributed by atoms with E-state index in [-0.39, 0.29) is 0 Å². The van der Waals surface area contributed by atoms with Crippen LogP contribution in [0.4, 0.5) is 0 Å². The molecule has 0 spiro atoms. The second-order valence-corrected chi connectivity index (χ2v) is 5.11. The summed E-state index contributed by atoms with van der Waals surface area (Å²) in [7, 11) is 0. The summed E-state index contributed by atoms with van der Waals surface area (Å²) < 4.78 is 14.2.